The lowest BCUT2D eigenvalue weighted by atomic mass is 10.1. The summed E-state index contributed by atoms with van der Waals surface area (Å²) in [6.07, 6.45) is 7.29. The maximum Gasteiger partial charge on any atom is 0.246 e. The molecule has 0 spiro atoms. The molecule has 7 heteroatoms. The molecule has 2 N–H and O–H groups in total. The molecule has 0 bridgehead atoms. The number of sulfonamides is 1. The van der Waals surface area contributed by atoms with Crippen LogP contribution < -0.4 is 5.32 Å². The number of aromatic amines is 1. The van der Waals surface area contributed by atoms with Crippen LogP contribution in [0.25, 0.3) is 0 Å². The second kappa shape index (κ2) is 5.22. The molecule has 1 aliphatic heterocycles. The Morgan fingerprint density at radius 1 is 1.32 bits per heavy atom. The first-order valence-corrected chi connectivity index (χ1v) is 8.32. The summed E-state index contributed by atoms with van der Waals surface area (Å²) in [5, 5.41) is 9.82. The molecule has 1 aromatic heterocycles. The fourth-order valence-electron chi connectivity index (χ4n) is 2.48. The molecular formula is C12H20N4O2S. The van der Waals surface area contributed by atoms with Crippen molar-refractivity contribution in [1.82, 2.24) is 19.8 Å². The first-order valence-electron chi connectivity index (χ1n) is 6.88. The fourth-order valence-corrected chi connectivity index (χ4v) is 3.86. The minimum absolute atomic E-state index is 0.261. The number of aromatic nitrogens is 2. The van der Waals surface area contributed by atoms with Crippen molar-refractivity contribution in [2.45, 2.75) is 36.6 Å². The largest absolute Gasteiger partial charge is 0.314 e. The van der Waals surface area contributed by atoms with E-state index >= 15 is 0 Å². The molecule has 19 heavy (non-hydrogen) atoms. The third-order valence-electron chi connectivity index (χ3n) is 3.96. The standard InChI is InChI=1S/C12H20N4O2S/c17-19(18,12-8-14-15-9-12)16-5-3-11(4-6-16)13-7-10-1-2-10/h8-11,13H,1-7H2,(H,14,15). The first kappa shape index (κ1) is 13.1. The molecule has 3 rings (SSSR count). The van der Waals surface area contributed by atoms with Gasteiger partial charge in [0.15, 0.2) is 0 Å². The summed E-state index contributed by atoms with van der Waals surface area (Å²) in [7, 11) is -3.35. The Morgan fingerprint density at radius 3 is 2.63 bits per heavy atom. The van der Waals surface area contributed by atoms with Gasteiger partial charge in [0.05, 0.1) is 6.20 Å². The summed E-state index contributed by atoms with van der Waals surface area (Å²) in [6, 6.07) is 0.469. The highest BCUT2D eigenvalue weighted by Gasteiger charge is 2.30. The van der Waals surface area contributed by atoms with Crippen molar-refractivity contribution in [2.24, 2.45) is 5.92 Å². The molecule has 0 atom stereocenters. The van der Waals surface area contributed by atoms with Crippen molar-refractivity contribution in [3.8, 4) is 0 Å². The summed E-state index contributed by atoms with van der Waals surface area (Å²) >= 11 is 0. The second-order valence-corrected chi connectivity index (χ2v) is 7.40. The fraction of sp³-hybridized carbons (Fsp3) is 0.750. The first-order chi connectivity index (χ1) is 9.16. The average Bonchev–Trinajstić information content (AvgIpc) is 3.07. The SMILES string of the molecule is O=S(=O)(c1cn[nH]c1)N1CCC(NCC2CC2)CC1. The van der Waals surface area contributed by atoms with E-state index in [1.807, 2.05) is 0 Å². The third kappa shape index (κ3) is 2.98. The van der Waals surface area contributed by atoms with Crippen molar-refractivity contribution in [3.63, 3.8) is 0 Å². The number of H-pyrrole nitrogens is 1. The van der Waals surface area contributed by atoms with Crippen LogP contribution in [-0.4, -0.2) is 48.6 Å². The van der Waals surface area contributed by atoms with E-state index in [0.717, 1.165) is 25.3 Å². The van der Waals surface area contributed by atoms with Gasteiger partial charge < -0.3 is 5.32 Å². The zero-order valence-electron chi connectivity index (χ0n) is 10.9. The van der Waals surface area contributed by atoms with Gasteiger partial charge in [-0.1, -0.05) is 0 Å². The van der Waals surface area contributed by atoms with E-state index in [2.05, 4.69) is 15.5 Å². The molecule has 0 aromatic carbocycles. The van der Waals surface area contributed by atoms with Crippen LogP contribution in [-0.2, 0) is 10.0 Å². The average molecular weight is 284 g/mol. The van der Waals surface area contributed by atoms with Gasteiger partial charge in [-0.25, -0.2) is 8.42 Å². The lowest BCUT2D eigenvalue weighted by Gasteiger charge is -2.31. The van der Waals surface area contributed by atoms with Crippen molar-refractivity contribution < 1.29 is 8.42 Å². The van der Waals surface area contributed by atoms with Gasteiger partial charge in [-0.05, 0) is 38.1 Å². The topological polar surface area (TPSA) is 78.1 Å². The molecular weight excluding hydrogens is 264 g/mol. The summed E-state index contributed by atoms with van der Waals surface area (Å²) in [5.41, 5.74) is 0. The van der Waals surface area contributed by atoms with Gasteiger partial charge in [-0.3, -0.25) is 5.10 Å². The quantitative estimate of drug-likeness (QED) is 0.828. The Morgan fingerprint density at radius 2 is 2.05 bits per heavy atom. The molecule has 0 unspecified atom stereocenters. The van der Waals surface area contributed by atoms with Crippen molar-refractivity contribution >= 4 is 10.0 Å². The van der Waals surface area contributed by atoms with E-state index in [1.54, 1.807) is 4.31 Å². The Hall–Kier alpha value is -0.920. The van der Waals surface area contributed by atoms with Gasteiger partial charge in [-0.15, -0.1) is 0 Å². The van der Waals surface area contributed by atoms with Gasteiger partial charge in [0.1, 0.15) is 4.90 Å². The Bertz CT molecular complexity index is 502. The summed E-state index contributed by atoms with van der Waals surface area (Å²) in [6.45, 7) is 2.28. The second-order valence-electron chi connectivity index (χ2n) is 5.46. The van der Waals surface area contributed by atoms with Crippen LogP contribution in [0.2, 0.25) is 0 Å². The Kier molecular flexibility index (Phi) is 3.60. The highest BCUT2D eigenvalue weighted by Crippen LogP contribution is 2.28. The van der Waals surface area contributed by atoms with Gasteiger partial charge in [0.2, 0.25) is 10.0 Å². The van der Waals surface area contributed by atoms with Gasteiger partial charge >= 0.3 is 0 Å². The van der Waals surface area contributed by atoms with Crippen LogP contribution in [0.5, 0.6) is 0 Å². The number of rotatable bonds is 5. The van der Waals surface area contributed by atoms with Crippen molar-refractivity contribution in [2.75, 3.05) is 19.6 Å². The van der Waals surface area contributed by atoms with Crippen LogP contribution in [0.1, 0.15) is 25.7 Å². The lowest BCUT2D eigenvalue weighted by molar-refractivity contribution is 0.288. The maximum absolute atomic E-state index is 12.3. The number of nitrogens with one attached hydrogen (secondary N) is 2. The molecule has 1 saturated carbocycles. The number of piperidine rings is 1. The zero-order chi connectivity index (χ0) is 13.3. The molecule has 2 fully saturated rings. The summed E-state index contributed by atoms with van der Waals surface area (Å²) in [4.78, 5) is 0.261. The number of nitrogens with zero attached hydrogens (tertiary/aromatic N) is 2. The number of hydrogen-bond donors (Lipinski definition) is 2. The van der Waals surface area contributed by atoms with E-state index in [0.29, 0.717) is 19.1 Å². The predicted octanol–water partition coefficient (Wildman–Crippen LogP) is 0.562. The van der Waals surface area contributed by atoms with Gasteiger partial charge in [0.25, 0.3) is 0 Å². The van der Waals surface area contributed by atoms with Crippen LogP contribution in [0, 0.1) is 5.92 Å². The minimum atomic E-state index is -3.35. The van der Waals surface area contributed by atoms with Crippen LogP contribution >= 0.6 is 0 Å². The molecule has 1 saturated heterocycles. The van der Waals surface area contributed by atoms with Crippen molar-refractivity contribution in [3.05, 3.63) is 12.4 Å². The smallest absolute Gasteiger partial charge is 0.246 e. The highest BCUT2D eigenvalue weighted by molar-refractivity contribution is 7.89. The predicted molar refractivity (Wildman–Crippen MR) is 71.1 cm³/mol. The molecule has 6 nitrogen and oxygen atoms in total. The molecule has 1 aromatic rings. The highest BCUT2D eigenvalue weighted by atomic mass is 32.2. The molecule has 1 aliphatic carbocycles. The van der Waals surface area contributed by atoms with E-state index in [1.165, 1.54) is 25.2 Å². The third-order valence-corrected chi connectivity index (χ3v) is 5.82. The maximum atomic E-state index is 12.3. The van der Waals surface area contributed by atoms with E-state index < -0.39 is 10.0 Å². The van der Waals surface area contributed by atoms with Crippen LogP contribution in [0.4, 0.5) is 0 Å². The van der Waals surface area contributed by atoms with E-state index in [-0.39, 0.29) is 4.90 Å². The molecule has 2 heterocycles. The van der Waals surface area contributed by atoms with Gasteiger partial charge in [-0.2, -0.15) is 9.40 Å². The monoisotopic (exact) mass is 284 g/mol. The minimum Gasteiger partial charge on any atom is -0.314 e. The van der Waals surface area contributed by atoms with E-state index in [9.17, 15) is 8.42 Å². The number of hydrogen-bond acceptors (Lipinski definition) is 4. The molecule has 106 valence electrons. The van der Waals surface area contributed by atoms with Crippen molar-refractivity contribution in [1.29, 1.82) is 0 Å². The Labute approximate surface area is 113 Å². The summed E-state index contributed by atoms with van der Waals surface area (Å²) in [5.74, 6) is 0.868. The molecule has 0 radical (unpaired) electrons. The van der Waals surface area contributed by atoms with Crippen LogP contribution in [0.3, 0.4) is 0 Å². The normalized spacial score (nSPS) is 22.7. The van der Waals surface area contributed by atoms with Crippen LogP contribution in [0.15, 0.2) is 17.3 Å². The van der Waals surface area contributed by atoms with Gasteiger partial charge in [0, 0.05) is 25.3 Å². The molecule has 2 aliphatic rings. The molecule has 0 amide bonds. The summed E-state index contributed by atoms with van der Waals surface area (Å²) < 4.78 is 26.1. The van der Waals surface area contributed by atoms with E-state index in [4.69, 9.17) is 0 Å². The lowest BCUT2D eigenvalue weighted by Crippen LogP contribution is -2.45. The zero-order valence-corrected chi connectivity index (χ0v) is 11.7. The Balaban J connectivity index is 1.54.